The average Bonchev–Trinajstić information content (AvgIpc) is 2.51. The normalized spacial score (nSPS) is 14.4. The predicted octanol–water partition coefficient (Wildman–Crippen LogP) is 3.08. The van der Waals surface area contributed by atoms with Crippen LogP contribution in [-0.4, -0.2) is 46.7 Å². The van der Waals surface area contributed by atoms with Crippen LogP contribution in [0.15, 0.2) is 24.8 Å². The van der Waals surface area contributed by atoms with Crippen molar-refractivity contribution in [3.63, 3.8) is 0 Å². The SMILES string of the molecule is C=CC(CO)CC(CC=CCO)CC[Si]CCCCOC. The van der Waals surface area contributed by atoms with E-state index in [9.17, 15) is 5.11 Å². The summed E-state index contributed by atoms with van der Waals surface area (Å²) in [5, 5.41) is 18.1. The van der Waals surface area contributed by atoms with Gasteiger partial charge in [0.2, 0.25) is 0 Å². The van der Waals surface area contributed by atoms with E-state index in [4.69, 9.17) is 9.84 Å². The van der Waals surface area contributed by atoms with Gasteiger partial charge in [0.15, 0.2) is 0 Å². The molecule has 0 aliphatic carbocycles. The van der Waals surface area contributed by atoms with Crippen molar-refractivity contribution >= 4 is 9.52 Å². The molecule has 122 valence electrons. The Labute approximate surface area is 132 Å². The van der Waals surface area contributed by atoms with Gasteiger partial charge in [-0.25, -0.2) is 0 Å². The van der Waals surface area contributed by atoms with Crippen LogP contribution in [0.5, 0.6) is 0 Å². The van der Waals surface area contributed by atoms with Gasteiger partial charge in [0.1, 0.15) is 0 Å². The maximum atomic E-state index is 9.30. The fourth-order valence-electron chi connectivity index (χ4n) is 2.30. The monoisotopic (exact) mass is 312 g/mol. The van der Waals surface area contributed by atoms with Gasteiger partial charge in [-0.2, -0.15) is 0 Å². The maximum Gasteiger partial charge on any atom is 0.0612 e. The molecule has 0 aromatic carbocycles. The summed E-state index contributed by atoms with van der Waals surface area (Å²) in [6.45, 7) is 4.96. The molecule has 0 bridgehead atoms. The smallest absolute Gasteiger partial charge is 0.0612 e. The highest BCUT2D eigenvalue weighted by Gasteiger charge is 2.12. The highest BCUT2D eigenvalue weighted by atomic mass is 28.2. The second-order valence-electron chi connectivity index (χ2n) is 5.41. The Hall–Kier alpha value is -0.423. The number of ether oxygens (including phenoxy) is 1. The van der Waals surface area contributed by atoms with Crippen molar-refractivity contribution in [3.05, 3.63) is 24.8 Å². The molecule has 0 aromatic rings. The van der Waals surface area contributed by atoms with Crippen molar-refractivity contribution in [2.24, 2.45) is 11.8 Å². The molecule has 0 spiro atoms. The first-order valence-corrected chi connectivity index (χ1v) is 9.38. The minimum absolute atomic E-state index is 0.110. The van der Waals surface area contributed by atoms with E-state index in [0.717, 1.165) is 35.4 Å². The lowest BCUT2D eigenvalue weighted by Gasteiger charge is -2.19. The van der Waals surface area contributed by atoms with Crippen LogP contribution in [0.25, 0.3) is 0 Å². The van der Waals surface area contributed by atoms with Gasteiger partial charge >= 0.3 is 0 Å². The van der Waals surface area contributed by atoms with Crippen LogP contribution in [0.3, 0.4) is 0 Å². The lowest BCUT2D eigenvalue weighted by Crippen LogP contribution is -2.11. The van der Waals surface area contributed by atoms with Gasteiger partial charge in [-0.1, -0.05) is 43.2 Å². The molecule has 0 saturated carbocycles. The highest BCUT2D eigenvalue weighted by Crippen LogP contribution is 2.22. The summed E-state index contributed by atoms with van der Waals surface area (Å²) in [6.07, 6.45) is 11.3. The van der Waals surface area contributed by atoms with E-state index in [1.165, 1.54) is 24.9 Å². The van der Waals surface area contributed by atoms with Gasteiger partial charge in [-0.15, -0.1) is 6.58 Å². The van der Waals surface area contributed by atoms with Crippen LogP contribution >= 0.6 is 0 Å². The molecular formula is C17H32O3Si. The van der Waals surface area contributed by atoms with E-state index in [1.54, 1.807) is 7.11 Å². The number of aliphatic hydroxyl groups excluding tert-OH is 2. The predicted molar refractivity (Wildman–Crippen MR) is 90.8 cm³/mol. The number of rotatable bonds is 15. The fraction of sp³-hybridized carbons (Fsp3) is 0.765. The molecule has 4 heteroatoms. The Bertz CT molecular complexity index is 256. The van der Waals surface area contributed by atoms with E-state index in [2.05, 4.69) is 12.7 Å². The van der Waals surface area contributed by atoms with E-state index < -0.39 is 0 Å². The van der Waals surface area contributed by atoms with Gasteiger partial charge in [-0.3, -0.25) is 0 Å². The molecule has 0 amide bonds. The van der Waals surface area contributed by atoms with Gasteiger partial charge in [0.25, 0.3) is 0 Å². The fourth-order valence-corrected chi connectivity index (χ4v) is 3.66. The lowest BCUT2D eigenvalue weighted by atomic mass is 9.90. The summed E-state index contributed by atoms with van der Waals surface area (Å²) < 4.78 is 5.05. The first-order valence-electron chi connectivity index (χ1n) is 7.97. The molecule has 2 atom stereocenters. The number of methoxy groups -OCH3 is 1. The third-order valence-corrected chi connectivity index (χ3v) is 4.98. The van der Waals surface area contributed by atoms with Gasteiger partial charge in [-0.05, 0) is 31.1 Å². The summed E-state index contributed by atoms with van der Waals surface area (Å²) in [7, 11) is 2.78. The maximum absolute atomic E-state index is 9.30. The Morgan fingerprint density at radius 2 is 2.00 bits per heavy atom. The molecule has 3 nitrogen and oxygen atoms in total. The number of hydrogen-bond donors (Lipinski definition) is 2. The molecule has 0 aliphatic rings. The Kier molecular flexibility index (Phi) is 15.6. The third-order valence-electron chi connectivity index (χ3n) is 3.63. The molecule has 2 unspecified atom stereocenters. The molecular weight excluding hydrogens is 280 g/mol. The molecule has 21 heavy (non-hydrogen) atoms. The summed E-state index contributed by atoms with van der Waals surface area (Å²) in [4.78, 5) is 0. The van der Waals surface area contributed by atoms with Crippen molar-refractivity contribution in [2.45, 2.75) is 44.2 Å². The lowest BCUT2D eigenvalue weighted by molar-refractivity contribution is 0.194. The zero-order valence-corrected chi connectivity index (χ0v) is 14.5. The van der Waals surface area contributed by atoms with E-state index >= 15 is 0 Å². The topological polar surface area (TPSA) is 49.7 Å². The van der Waals surface area contributed by atoms with E-state index in [-0.39, 0.29) is 19.1 Å². The van der Waals surface area contributed by atoms with Gasteiger partial charge in [0, 0.05) is 29.8 Å². The number of hydrogen-bond acceptors (Lipinski definition) is 3. The van der Waals surface area contributed by atoms with Crippen LogP contribution in [-0.2, 0) is 4.74 Å². The van der Waals surface area contributed by atoms with Crippen molar-refractivity contribution in [2.75, 3.05) is 26.9 Å². The van der Waals surface area contributed by atoms with Crippen LogP contribution in [0.4, 0.5) is 0 Å². The van der Waals surface area contributed by atoms with Crippen molar-refractivity contribution < 1.29 is 14.9 Å². The minimum atomic E-state index is 0.110. The van der Waals surface area contributed by atoms with Crippen LogP contribution in [0, 0.1) is 11.8 Å². The molecule has 0 aliphatic heterocycles. The van der Waals surface area contributed by atoms with Crippen molar-refractivity contribution in [3.8, 4) is 0 Å². The quantitative estimate of drug-likeness (QED) is 0.277. The first-order chi connectivity index (χ1) is 10.3. The molecule has 0 rings (SSSR count). The number of allylic oxidation sites excluding steroid dienone is 1. The van der Waals surface area contributed by atoms with Crippen LogP contribution in [0.1, 0.15) is 32.1 Å². The van der Waals surface area contributed by atoms with E-state index in [0.29, 0.717) is 5.92 Å². The molecule has 0 saturated heterocycles. The number of aliphatic hydroxyl groups is 2. The van der Waals surface area contributed by atoms with Crippen LogP contribution in [0.2, 0.25) is 12.1 Å². The average molecular weight is 313 g/mol. The molecule has 0 heterocycles. The zero-order chi connectivity index (χ0) is 15.8. The minimum Gasteiger partial charge on any atom is -0.396 e. The van der Waals surface area contributed by atoms with E-state index in [1.807, 2.05) is 12.2 Å². The molecule has 0 fully saturated rings. The zero-order valence-electron chi connectivity index (χ0n) is 13.5. The second-order valence-corrected chi connectivity index (χ2v) is 6.91. The largest absolute Gasteiger partial charge is 0.396 e. The van der Waals surface area contributed by atoms with Crippen molar-refractivity contribution in [1.29, 1.82) is 0 Å². The van der Waals surface area contributed by atoms with Gasteiger partial charge in [0.05, 0.1) is 6.61 Å². The number of unbranched alkanes of at least 4 members (excludes halogenated alkanes) is 1. The molecule has 0 aromatic heterocycles. The second kappa shape index (κ2) is 16.0. The Morgan fingerprint density at radius 3 is 2.62 bits per heavy atom. The summed E-state index contributed by atoms with van der Waals surface area (Å²) >= 11 is 0. The van der Waals surface area contributed by atoms with Crippen LogP contribution < -0.4 is 0 Å². The standard InChI is InChI=1S/C17H32O3Si/c1-3-16(15-19)14-17(8-4-5-10-18)9-13-21-12-7-6-11-20-2/h3-5,16-19H,1,6-15H2,2H3. The summed E-state index contributed by atoms with van der Waals surface area (Å²) in [5.41, 5.74) is 0. The highest BCUT2D eigenvalue weighted by molar-refractivity contribution is 6.35. The summed E-state index contributed by atoms with van der Waals surface area (Å²) in [6, 6.07) is 2.56. The third kappa shape index (κ3) is 13.0. The van der Waals surface area contributed by atoms with Crippen molar-refractivity contribution in [1.82, 2.24) is 0 Å². The summed E-state index contributed by atoms with van der Waals surface area (Å²) in [5.74, 6) is 0.775. The molecule has 2 radical (unpaired) electrons. The molecule has 2 N–H and O–H groups in total. The first kappa shape index (κ1) is 20.6. The Morgan fingerprint density at radius 1 is 1.19 bits per heavy atom. The van der Waals surface area contributed by atoms with Gasteiger partial charge < -0.3 is 14.9 Å². The Balaban J connectivity index is 3.91.